The molecule has 0 radical (unpaired) electrons. The summed E-state index contributed by atoms with van der Waals surface area (Å²) in [6, 6.07) is 6.74. The average Bonchev–Trinajstić information content (AvgIpc) is 2.73. The van der Waals surface area contributed by atoms with Crippen LogP contribution in [0.5, 0.6) is 0 Å². The molecule has 0 aliphatic carbocycles. The molecular formula is C16H16ClNO3. The Morgan fingerprint density at radius 2 is 2.00 bits per heavy atom. The van der Waals surface area contributed by atoms with Gasteiger partial charge in [-0.25, -0.2) is 4.79 Å². The maximum Gasteiger partial charge on any atom is 0.355 e. The number of aromatic amines is 1. The van der Waals surface area contributed by atoms with Crippen LogP contribution in [0.2, 0.25) is 5.02 Å². The van der Waals surface area contributed by atoms with E-state index in [0.717, 1.165) is 0 Å². The molecule has 0 unspecified atom stereocenters. The topological polar surface area (TPSA) is 59.2 Å². The van der Waals surface area contributed by atoms with Crippen molar-refractivity contribution in [2.75, 3.05) is 6.61 Å². The monoisotopic (exact) mass is 305 g/mol. The number of halogens is 1. The van der Waals surface area contributed by atoms with Crippen LogP contribution in [0.15, 0.2) is 24.3 Å². The first-order chi connectivity index (χ1) is 9.95. The van der Waals surface area contributed by atoms with Crippen molar-refractivity contribution >= 4 is 23.4 Å². The summed E-state index contributed by atoms with van der Waals surface area (Å²) in [5.74, 6) is -0.623. The fourth-order valence-electron chi connectivity index (χ4n) is 2.27. The predicted octanol–water partition coefficient (Wildman–Crippen LogP) is 3.69. The van der Waals surface area contributed by atoms with Gasteiger partial charge in [-0.05, 0) is 38.5 Å². The Hall–Kier alpha value is -2.07. The molecule has 1 aromatic carbocycles. The maximum absolute atomic E-state index is 12.6. The van der Waals surface area contributed by atoms with Crippen molar-refractivity contribution in [3.63, 3.8) is 0 Å². The number of aromatic nitrogens is 1. The zero-order valence-electron chi connectivity index (χ0n) is 12.1. The highest BCUT2D eigenvalue weighted by molar-refractivity contribution is 6.31. The third-order valence-electron chi connectivity index (χ3n) is 3.23. The molecule has 0 bridgehead atoms. The Morgan fingerprint density at radius 3 is 2.62 bits per heavy atom. The highest BCUT2D eigenvalue weighted by atomic mass is 35.5. The van der Waals surface area contributed by atoms with E-state index in [1.807, 2.05) is 0 Å². The number of nitrogens with one attached hydrogen (secondary N) is 1. The summed E-state index contributed by atoms with van der Waals surface area (Å²) in [7, 11) is 0. The summed E-state index contributed by atoms with van der Waals surface area (Å²) in [6.07, 6.45) is 0. The van der Waals surface area contributed by atoms with Crippen molar-refractivity contribution in [2.45, 2.75) is 20.8 Å². The van der Waals surface area contributed by atoms with E-state index < -0.39 is 5.97 Å². The van der Waals surface area contributed by atoms with E-state index in [1.165, 1.54) is 0 Å². The Balaban J connectivity index is 2.45. The molecule has 0 spiro atoms. The molecule has 0 saturated carbocycles. The summed E-state index contributed by atoms with van der Waals surface area (Å²) in [4.78, 5) is 27.4. The second kappa shape index (κ2) is 6.14. The molecule has 2 rings (SSSR count). The van der Waals surface area contributed by atoms with Crippen molar-refractivity contribution < 1.29 is 14.3 Å². The van der Waals surface area contributed by atoms with E-state index >= 15 is 0 Å². The van der Waals surface area contributed by atoms with Crippen molar-refractivity contribution in [1.82, 2.24) is 4.98 Å². The SMILES string of the molecule is CCOC(=O)c1[nH]c(C)c(C(=O)c2cccc(Cl)c2)c1C. The number of hydrogen-bond acceptors (Lipinski definition) is 3. The number of carbonyl (C=O) groups excluding carboxylic acids is 2. The Kier molecular flexibility index (Phi) is 4.48. The highest BCUT2D eigenvalue weighted by Gasteiger charge is 2.23. The first kappa shape index (κ1) is 15.3. The van der Waals surface area contributed by atoms with Crippen LogP contribution in [0.1, 0.15) is 44.6 Å². The lowest BCUT2D eigenvalue weighted by molar-refractivity contribution is 0.0519. The normalized spacial score (nSPS) is 10.5. The molecule has 2 aromatic rings. The van der Waals surface area contributed by atoms with E-state index in [1.54, 1.807) is 45.0 Å². The molecule has 5 heteroatoms. The molecule has 1 aromatic heterocycles. The lowest BCUT2D eigenvalue weighted by Crippen LogP contribution is -2.08. The number of aryl methyl sites for hydroxylation is 1. The number of hydrogen-bond donors (Lipinski definition) is 1. The van der Waals surface area contributed by atoms with Gasteiger partial charge in [0.25, 0.3) is 0 Å². The molecule has 0 saturated heterocycles. The van der Waals surface area contributed by atoms with Crippen LogP contribution in [0.4, 0.5) is 0 Å². The van der Waals surface area contributed by atoms with Crippen LogP contribution in [0.3, 0.4) is 0 Å². The maximum atomic E-state index is 12.6. The van der Waals surface area contributed by atoms with Crippen molar-refractivity contribution in [3.8, 4) is 0 Å². The zero-order valence-corrected chi connectivity index (χ0v) is 12.9. The summed E-state index contributed by atoms with van der Waals surface area (Å²) in [5.41, 5.74) is 2.53. The van der Waals surface area contributed by atoms with Crippen molar-refractivity contribution in [3.05, 3.63) is 57.4 Å². The van der Waals surface area contributed by atoms with E-state index in [4.69, 9.17) is 16.3 Å². The number of ketones is 1. The Morgan fingerprint density at radius 1 is 1.29 bits per heavy atom. The lowest BCUT2D eigenvalue weighted by atomic mass is 10.00. The van der Waals surface area contributed by atoms with Crippen molar-refractivity contribution in [2.24, 2.45) is 0 Å². The molecule has 0 fully saturated rings. The van der Waals surface area contributed by atoms with E-state index in [9.17, 15) is 9.59 Å². The van der Waals surface area contributed by atoms with Crippen LogP contribution in [-0.4, -0.2) is 23.3 Å². The molecule has 0 aliphatic heterocycles. The Bertz CT molecular complexity index is 704. The Labute approximate surface area is 128 Å². The lowest BCUT2D eigenvalue weighted by Gasteiger charge is -2.03. The van der Waals surface area contributed by atoms with Gasteiger partial charge in [0.1, 0.15) is 5.69 Å². The van der Waals surface area contributed by atoms with Gasteiger partial charge >= 0.3 is 5.97 Å². The molecule has 0 atom stereocenters. The minimum absolute atomic E-state index is 0.167. The number of benzene rings is 1. The number of esters is 1. The van der Waals surface area contributed by atoms with E-state index in [2.05, 4.69) is 4.98 Å². The summed E-state index contributed by atoms with van der Waals surface area (Å²) >= 11 is 5.92. The van der Waals surface area contributed by atoms with Gasteiger partial charge in [0.05, 0.1) is 6.61 Å². The smallest absolute Gasteiger partial charge is 0.355 e. The molecular weight excluding hydrogens is 290 g/mol. The molecule has 21 heavy (non-hydrogen) atoms. The third kappa shape index (κ3) is 3.00. The van der Waals surface area contributed by atoms with Crippen LogP contribution >= 0.6 is 11.6 Å². The average molecular weight is 306 g/mol. The summed E-state index contributed by atoms with van der Waals surface area (Å²) in [6.45, 7) is 5.51. The number of H-pyrrole nitrogens is 1. The molecule has 4 nitrogen and oxygen atoms in total. The van der Waals surface area contributed by atoms with Crippen LogP contribution in [0.25, 0.3) is 0 Å². The third-order valence-corrected chi connectivity index (χ3v) is 3.47. The van der Waals surface area contributed by atoms with Crippen molar-refractivity contribution in [1.29, 1.82) is 0 Å². The van der Waals surface area contributed by atoms with Gasteiger partial charge in [-0.3, -0.25) is 4.79 Å². The molecule has 1 N–H and O–H groups in total. The summed E-state index contributed by atoms with van der Waals surface area (Å²) < 4.78 is 4.98. The van der Waals surface area contributed by atoms with Gasteiger partial charge in [0.15, 0.2) is 5.78 Å². The number of ether oxygens (including phenoxy) is 1. The highest BCUT2D eigenvalue weighted by Crippen LogP contribution is 2.23. The van der Waals surface area contributed by atoms with Crippen LogP contribution in [-0.2, 0) is 4.74 Å². The first-order valence-electron chi connectivity index (χ1n) is 6.62. The van der Waals surface area contributed by atoms with Gasteiger partial charge in [0, 0.05) is 21.8 Å². The van der Waals surface area contributed by atoms with Gasteiger partial charge in [-0.15, -0.1) is 0 Å². The molecule has 0 amide bonds. The van der Waals surface area contributed by atoms with Gasteiger partial charge in [-0.1, -0.05) is 23.7 Å². The second-order valence-corrected chi connectivity index (χ2v) is 5.12. The first-order valence-corrected chi connectivity index (χ1v) is 7.00. The molecule has 0 aliphatic rings. The predicted molar refractivity (Wildman–Crippen MR) is 81.1 cm³/mol. The molecule has 1 heterocycles. The van der Waals surface area contributed by atoms with Crippen LogP contribution in [0, 0.1) is 13.8 Å². The fourth-order valence-corrected chi connectivity index (χ4v) is 2.46. The minimum atomic E-state index is -0.455. The minimum Gasteiger partial charge on any atom is -0.461 e. The standard InChI is InChI=1S/C16H16ClNO3/c1-4-21-16(20)14-9(2)13(10(3)18-14)15(19)11-6-5-7-12(17)8-11/h5-8,18H,4H2,1-3H3. The second-order valence-electron chi connectivity index (χ2n) is 4.68. The van der Waals surface area contributed by atoms with Gasteiger partial charge in [-0.2, -0.15) is 0 Å². The van der Waals surface area contributed by atoms with Crippen LogP contribution < -0.4 is 0 Å². The van der Waals surface area contributed by atoms with E-state index in [0.29, 0.717) is 33.1 Å². The quantitative estimate of drug-likeness (QED) is 0.692. The zero-order chi connectivity index (χ0) is 15.6. The number of carbonyl (C=O) groups is 2. The van der Waals surface area contributed by atoms with E-state index in [-0.39, 0.29) is 12.4 Å². The number of rotatable bonds is 4. The summed E-state index contributed by atoms with van der Waals surface area (Å²) in [5, 5.41) is 0.498. The fraction of sp³-hybridized carbons (Fsp3) is 0.250. The largest absolute Gasteiger partial charge is 0.461 e. The molecule has 110 valence electrons. The van der Waals surface area contributed by atoms with Gasteiger partial charge in [0.2, 0.25) is 0 Å². The van der Waals surface area contributed by atoms with Gasteiger partial charge < -0.3 is 9.72 Å².